The summed E-state index contributed by atoms with van der Waals surface area (Å²) in [5.41, 5.74) is 7.76. The molecule has 0 atom stereocenters. The van der Waals surface area contributed by atoms with Gasteiger partial charge in [-0.05, 0) is 84.7 Å². The first-order valence-electron chi connectivity index (χ1n) is 14.2. The Labute approximate surface area is 241 Å². The fraction of sp³-hybridized carbons (Fsp3) is 0.294. The second-order valence-electron chi connectivity index (χ2n) is 11.0. The summed E-state index contributed by atoms with van der Waals surface area (Å²) >= 11 is 6.29. The van der Waals surface area contributed by atoms with Crippen LogP contribution in [0.15, 0.2) is 85.1 Å². The van der Waals surface area contributed by atoms with Gasteiger partial charge in [0.25, 0.3) is 5.91 Å². The molecule has 204 valence electrons. The largest absolute Gasteiger partial charge is 0.367 e. The van der Waals surface area contributed by atoms with E-state index in [1.54, 1.807) is 0 Å². The molecule has 0 unspecified atom stereocenters. The topological polar surface area (TPSA) is 48.5 Å². The van der Waals surface area contributed by atoms with E-state index in [4.69, 9.17) is 16.6 Å². The predicted molar refractivity (Wildman–Crippen MR) is 164 cm³/mol. The highest BCUT2D eigenvalue weighted by Crippen LogP contribution is 2.33. The van der Waals surface area contributed by atoms with E-state index in [1.165, 1.54) is 16.7 Å². The molecule has 1 aromatic heterocycles. The molecule has 3 aromatic carbocycles. The molecule has 0 spiro atoms. The van der Waals surface area contributed by atoms with Gasteiger partial charge in [0.05, 0.1) is 5.69 Å². The molecule has 1 N–H and O–H groups in total. The van der Waals surface area contributed by atoms with Crippen LogP contribution < -0.4 is 10.2 Å². The van der Waals surface area contributed by atoms with Gasteiger partial charge >= 0.3 is 0 Å². The minimum atomic E-state index is 0.126. The molecule has 3 heterocycles. The van der Waals surface area contributed by atoms with E-state index < -0.39 is 0 Å². The standard InChI is InChI=1S/C34H35ClN4O/c1-24-7-12-31(35)20-30(24)23-39-18-15-36-33-32(39)21-29(22-37-33)27-8-10-28(11-9-27)34(40)38-16-13-26(14-17-38)19-25-5-3-2-4-6-25/h2-12,20-22,26H,13-19,23H2,1H3,(H,36,37). The number of carbonyl (C=O) groups excluding carboxylic acids is 1. The summed E-state index contributed by atoms with van der Waals surface area (Å²) in [6, 6.07) is 26.9. The molecule has 40 heavy (non-hydrogen) atoms. The number of hydrogen-bond donors (Lipinski definition) is 1. The van der Waals surface area contributed by atoms with Crippen molar-refractivity contribution in [3.8, 4) is 11.1 Å². The Morgan fingerprint density at radius 1 is 0.950 bits per heavy atom. The number of halogens is 1. The van der Waals surface area contributed by atoms with Crippen molar-refractivity contribution in [1.29, 1.82) is 0 Å². The van der Waals surface area contributed by atoms with Crippen LogP contribution in [0.1, 0.15) is 39.9 Å². The number of aryl methyl sites for hydroxylation is 1. The highest BCUT2D eigenvalue weighted by molar-refractivity contribution is 6.30. The van der Waals surface area contributed by atoms with Crippen molar-refractivity contribution in [1.82, 2.24) is 9.88 Å². The van der Waals surface area contributed by atoms with Gasteiger partial charge in [-0.25, -0.2) is 4.98 Å². The number of nitrogens with one attached hydrogen (secondary N) is 1. The van der Waals surface area contributed by atoms with Crippen LogP contribution in [-0.4, -0.2) is 42.0 Å². The summed E-state index contributed by atoms with van der Waals surface area (Å²) in [6.45, 7) is 6.28. The van der Waals surface area contributed by atoms with Crippen molar-refractivity contribution in [2.75, 3.05) is 36.4 Å². The van der Waals surface area contributed by atoms with Crippen LogP contribution in [0.5, 0.6) is 0 Å². The van der Waals surface area contributed by atoms with Crippen molar-refractivity contribution < 1.29 is 4.79 Å². The molecule has 1 amide bonds. The highest BCUT2D eigenvalue weighted by Gasteiger charge is 2.24. The number of rotatable bonds is 6. The molecule has 0 radical (unpaired) electrons. The summed E-state index contributed by atoms with van der Waals surface area (Å²) in [5, 5.41) is 4.19. The Bertz CT molecular complexity index is 1480. The lowest BCUT2D eigenvalue weighted by molar-refractivity contribution is 0.0690. The van der Waals surface area contributed by atoms with Crippen LogP contribution in [0.25, 0.3) is 11.1 Å². The van der Waals surface area contributed by atoms with E-state index in [9.17, 15) is 4.79 Å². The highest BCUT2D eigenvalue weighted by atomic mass is 35.5. The molecule has 1 saturated heterocycles. The average Bonchev–Trinajstić information content (AvgIpc) is 3.00. The number of aromatic nitrogens is 1. The van der Waals surface area contributed by atoms with Crippen LogP contribution in [0.4, 0.5) is 11.5 Å². The van der Waals surface area contributed by atoms with Crippen LogP contribution in [0, 0.1) is 12.8 Å². The smallest absolute Gasteiger partial charge is 0.253 e. The first-order chi connectivity index (χ1) is 19.5. The van der Waals surface area contributed by atoms with Gasteiger partial charge in [0.1, 0.15) is 5.82 Å². The minimum absolute atomic E-state index is 0.126. The molecule has 5 nitrogen and oxygen atoms in total. The van der Waals surface area contributed by atoms with E-state index in [2.05, 4.69) is 65.7 Å². The van der Waals surface area contributed by atoms with Crippen molar-refractivity contribution >= 4 is 29.0 Å². The van der Waals surface area contributed by atoms with Crippen LogP contribution in [0.2, 0.25) is 5.02 Å². The van der Waals surface area contributed by atoms with Crippen molar-refractivity contribution in [2.24, 2.45) is 5.92 Å². The third-order valence-corrected chi connectivity index (χ3v) is 8.52. The summed E-state index contributed by atoms with van der Waals surface area (Å²) in [7, 11) is 0. The minimum Gasteiger partial charge on any atom is -0.367 e. The fourth-order valence-corrected chi connectivity index (χ4v) is 6.07. The number of amides is 1. The number of likely N-dealkylation sites (tertiary alicyclic amines) is 1. The third kappa shape index (κ3) is 5.85. The number of anilines is 2. The van der Waals surface area contributed by atoms with Crippen LogP contribution in [-0.2, 0) is 13.0 Å². The lowest BCUT2D eigenvalue weighted by Gasteiger charge is -2.32. The van der Waals surface area contributed by atoms with Gasteiger partial charge in [0.2, 0.25) is 0 Å². The maximum Gasteiger partial charge on any atom is 0.253 e. The van der Waals surface area contributed by atoms with Crippen LogP contribution >= 0.6 is 11.6 Å². The van der Waals surface area contributed by atoms with Crippen LogP contribution in [0.3, 0.4) is 0 Å². The van der Waals surface area contributed by atoms with Gasteiger partial charge in [-0.2, -0.15) is 0 Å². The Balaban J connectivity index is 1.12. The predicted octanol–water partition coefficient (Wildman–Crippen LogP) is 7.24. The Morgan fingerprint density at radius 2 is 1.73 bits per heavy atom. The van der Waals surface area contributed by atoms with Gasteiger partial charge in [-0.1, -0.05) is 60.1 Å². The number of carbonyl (C=O) groups is 1. The van der Waals surface area contributed by atoms with E-state index in [1.807, 2.05) is 41.4 Å². The van der Waals surface area contributed by atoms with Gasteiger partial charge < -0.3 is 15.1 Å². The lowest BCUT2D eigenvalue weighted by atomic mass is 9.90. The molecule has 1 fully saturated rings. The lowest BCUT2D eigenvalue weighted by Crippen LogP contribution is -2.38. The number of fused-ring (bicyclic) bond motifs is 1. The van der Waals surface area contributed by atoms with Crippen molar-refractivity contribution in [3.63, 3.8) is 0 Å². The zero-order valence-corrected chi connectivity index (χ0v) is 23.7. The molecule has 2 aliphatic rings. The molecular formula is C34H35ClN4O. The SMILES string of the molecule is Cc1ccc(Cl)cc1CN1CCNc2ncc(-c3ccc(C(=O)N4CCC(Cc5ccccc5)CC4)cc3)cc21. The maximum absolute atomic E-state index is 13.3. The second kappa shape index (κ2) is 11.7. The Kier molecular flexibility index (Phi) is 7.74. The zero-order valence-electron chi connectivity index (χ0n) is 22.9. The molecule has 4 aromatic rings. The number of nitrogens with zero attached hydrogens (tertiary/aromatic N) is 3. The normalized spacial score (nSPS) is 15.4. The third-order valence-electron chi connectivity index (χ3n) is 8.29. The van der Waals surface area contributed by atoms with E-state index >= 15 is 0 Å². The number of piperidine rings is 1. The first kappa shape index (κ1) is 26.4. The van der Waals surface area contributed by atoms with Crippen molar-refractivity contribution in [3.05, 3.63) is 112 Å². The van der Waals surface area contributed by atoms with E-state index in [-0.39, 0.29) is 5.91 Å². The van der Waals surface area contributed by atoms with E-state index in [0.717, 1.165) is 85.2 Å². The van der Waals surface area contributed by atoms with Gasteiger partial charge in [-0.3, -0.25) is 4.79 Å². The first-order valence-corrected chi connectivity index (χ1v) is 14.6. The van der Waals surface area contributed by atoms with Gasteiger partial charge in [0, 0.05) is 55.1 Å². The number of benzene rings is 3. The summed E-state index contributed by atoms with van der Waals surface area (Å²) in [5.74, 6) is 1.67. The van der Waals surface area contributed by atoms with Gasteiger partial charge in [-0.15, -0.1) is 0 Å². The second-order valence-corrected chi connectivity index (χ2v) is 11.4. The Hall–Kier alpha value is -3.83. The molecule has 0 aliphatic carbocycles. The maximum atomic E-state index is 13.3. The summed E-state index contributed by atoms with van der Waals surface area (Å²) in [4.78, 5) is 22.4. The fourth-order valence-electron chi connectivity index (χ4n) is 5.87. The average molecular weight is 551 g/mol. The molecule has 6 heteroatoms. The quantitative estimate of drug-likeness (QED) is 0.275. The van der Waals surface area contributed by atoms with Gasteiger partial charge in [0.15, 0.2) is 0 Å². The number of hydrogen-bond acceptors (Lipinski definition) is 4. The Morgan fingerprint density at radius 3 is 2.50 bits per heavy atom. The molecule has 2 aliphatic heterocycles. The zero-order chi connectivity index (χ0) is 27.5. The molecule has 6 rings (SSSR count). The number of pyridine rings is 1. The molecule has 0 saturated carbocycles. The van der Waals surface area contributed by atoms with E-state index in [0.29, 0.717) is 5.92 Å². The summed E-state index contributed by atoms with van der Waals surface area (Å²) in [6.07, 6.45) is 5.11. The molecular weight excluding hydrogens is 516 g/mol. The monoisotopic (exact) mass is 550 g/mol. The van der Waals surface area contributed by atoms with Crippen molar-refractivity contribution in [2.45, 2.75) is 32.7 Å². The molecule has 0 bridgehead atoms. The summed E-state index contributed by atoms with van der Waals surface area (Å²) < 4.78 is 0.